The second kappa shape index (κ2) is 11.2. The molecule has 0 saturated carbocycles. The Bertz CT molecular complexity index is 1460. The van der Waals surface area contributed by atoms with Crippen molar-refractivity contribution in [2.75, 3.05) is 0 Å². The molecular weight excluding hydrogens is 472 g/mol. The number of hydrogen-bond donors (Lipinski definition) is 0. The molecule has 0 aliphatic heterocycles. The van der Waals surface area contributed by atoms with Gasteiger partial charge >= 0.3 is 0 Å². The number of aromatic nitrogens is 7. The highest BCUT2D eigenvalue weighted by Gasteiger charge is 2.16. The molecule has 0 bridgehead atoms. The summed E-state index contributed by atoms with van der Waals surface area (Å²) in [6.45, 7) is 2.12. The van der Waals surface area contributed by atoms with Crippen LogP contribution in [-0.2, 0) is 24.9 Å². The van der Waals surface area contributed by atoms with Crippen molar-refractivity contribution < 1.29 is 14.0 Å². The highest BCUT2D eigenvalue weighted by Crippen LogP contribution is 2.24. The third kappa shape index (κ3) is 5.84. The van der Waals surface area contributed by atoms with Crippen LogP contribution >= 0.6 is 0 Å². The lowest BCUT2D eigenvalue weighted by Gasteiger charge is -2.06. The van der Waals surface area contributed by atoms with Gasteiger partial charge in [0.05, 0.1) is 6.20 Å². The number of ether oxygens (including phenoxy) is 1. The molecule has 0 atom stereocenters. The van der Waals surface area contributed by atoms with E-state index in [2.05, 4.69) is 54.9 Å². The summed E-state index contributed by atoms with van der Waals surface area (Å²) < 4.78 is 13.1. The standard InChI is InChI=1S/C26H24N8O3/c1-3-7-18-10-12-20(13-11-18)36-21-14-15-22(27-16-21)26-30-28-23(37-26)17-35-31-24(19-8-5-4-6-9-19)25-29-32-33-34(25)2/h4-6,8-16H,3,7,17H2,1-2H3/b31-24-. The molecule has 0 aliphatic rings. The maximum atomic E-state index is 5.88. The predicted molar refractivity (Wildman–Crippen MR) is 134 cm³/mol. The van der Waals surface area contributed by atoms with Gasteiger partial charge in [0.2, 0.25) is 5.82 Å². The van der Waals surface area contributed by atoms with E-state index in [0.29, 0.717) is 23.0 Å². The van der Waals surface area contributed by atoms with Crippen LogP contribution in [-0.4, -0.2) is 41.1 Å². The summed E-state index contributed by atoms with van der Waals surface area (Å²) in [6.07, 6.45) is 3.77. The lowest BCUT2D eigenvalue weighted by Crippen LogP contribution is -2.12. The van der Waals surface area contributed by atoms with Crippen LogP contribution in [0, 0.1) is 0 Å². The van der Waals surface area contributed by atoms with Gasteiger partial charge in [0.1, 0.15) is 17.2 Å². The molecule has 0 aliphatic carbocycles. The molecule has 5 rings (SSSR count). The van der Waals surface area contributed by atoms with Gasteiger partial charge in [0, 0.05) is 12.6 Å². The van der Waals surface area contributed by atoms with Crippen LogP contribution in [0.3, 0.4) is 0 Å². The van der Waals surface area contributed by atoms with Gasteiger partial charge in [-0.15, -0.1) is 15.3 Å². The molecule has 0 spiro atoms. The second-order valence-electron chi connectivity index (χ2n) is 8.08. The maximum absolute atomic E-state index is 5.88. The normalized spacial score (nSPS) is 11.5. The zero-order valence-corrected chi connectivity index (χ0v) is 20.4. The molecule has 5 aromatic rings. The van der Waals surface area contributed by atoms with Crippen molar-refractivity contribution >= 4 is 5.71 Å². The fraction of sp³-hybridized carbons (Fsp3) is 0.192. The number of rotatable bonds is 10. The third-order valence-electron chi connectivity index (χ3n) is 5.34. The van der Waals surface area contributed by atoms with Gasteiger partial charge in [-0.2, -0.15) is 0 Å². The first-order valence-corrected chi connectivity index (χ1v) is 11.7. The molecule has 11 heteroatoms. The van der Waals surface area contributed by atoms with Crippen molar-refractivity contribution in [2.24, 2.45) is 12.2 Å². The molecular formula is C26H24N8O3. The van der Waals surface area contributed by atoms with E-state index in [4.69, 9.17) is 14.0 Å². The Morgan fingerprint density at radius 3 is 2.46 bits per heavy atom. The minimum absolute atomic E-state index is 0.0379. The first kappa shape index (κ1) is 23.8. The number of benzene rings is 2. The average molecular weight is 497 g/mol. The lowest BCUT2D eigenvalue weighted by molar-refractivity contribution is 0.111. The van der Waals surface area contributed by atoms with Gasteiger partial charge in [0.25, 0.3) is 11.8 Å². The van der Waals surface area contributed by atoms with Crippen LogP contribution < -0.4 is 4.74 Å². The van der Waals surface area contributed by atoms with Crippen molar-refractivity contribution in [3.05, 3.63) is 95.8 Å². The highest BCUT2D eigenvalue weighted by molar-refractivity contribution is 6.10. The average Bonchev–Trinajstić information content (AvgIpc) is 3.58. The first-order chi connectivity index (χ1) is 18.2. The van der Waals surface area contributed by atoms with Crippen molar-refractivity contribution in [2.45, 2.75) is 26.4 Å². The van der Waals surface area contributed by atoms with Crippen molar-refractivity contribution in [3.63, 3.8) is 0 Å². The molecule has 0 saturated heterocycles. The molecule has 3 heterocycles. The zero-order chi connectivity index (χ0) is 25.5. The molecule has 0 amide bonds. The molecule has 0 fully saturated rings. The van der Waals surface area contributed by atoms with Crippen LogP contribution in [0.4, 0.5) is 0 Å². The van der Waals surface area contributed by atoms with Gasteiger partial charge in [-0.25, -0.2) is 9.67 Å². The number of tetrazole rings is 1. The fourth-order valence-corrected chi connectivity index (χ4v) is 3.53. The molecule has 186 valence electrons. The van der Waals surface area contributed by atoms with E-state index in [0.717, 1.165) is 24.2 Å². The summed E-state index contributed by atoms with van der Waals surface area (Å²) in [4.78, 5) is 9.90. The van der Waals surface area contributed by atoms with Crippen LogP contribution in [0.25, 0.3) is 11.6 Å². The van der Waals surface area contributed by atoms with E-state index in [1.165, 1.54) is 10.2 Å². The van der Waals surface area contributed by atoms with Crippen molar-refractivity contribution in [1.29, 1.82) is 0 Å². The topological polar surface area (TPSA) is 126 Å². The minimum Gasteiger partial charge on any atom is -0.456 e. The Morgan fingerprint density at radius 1 is 0.946 bits per heavy atom. The number of nitrogens with zero attached hydrogens (tertiary/aromatic N) is 8. The van der Waals surface area contributed by atoms with E-state index in [1.54, 1.807) is 25.4 Å². The SMILES string of the molecule is CCCc1ccc(Oc2ccc(-c3nnc(CO/N=C(/c4ccccc4)c4nnnn4C)o3)nc2)cc1. The lowest BCUT2D eigenvalue weighted by atomic mass is 10.1. The summed E-state index contributed by atoms with van der Waals surface area (Å²) in [7, 11) is 1.73. The van der Waals surface area contributed by atoms with Gasteiger partial charge in [-0.3, -0.25) is 0 Å². The van der Waals surface area contributed by atoms with Gasteiger partial charge in [-0.05, 0) is 46.7 Å². The molecule has 11 nitrogen and oxygen atoms in total. The predicted octanol–water partition coefficient (Wildman–Crippen LogP) is 4.37. The Hall–Kier alpha value is -4.93. The molecule has 0 N–H and O–H groups in total. The Morgan fingerprint density at radius 2 is 1.76 bits per heavy atom. The molecule has 2 aromatic carbocycles. The monoisotopic (exact) mass is 496 g/mol. The molecule has 0 radical (unpaired) electrons. The van der Waals surface area contributed by atoms with Crippen LogP contribution in [0.2, 0.25) is 0 Å². The summed E-state index contributed by atoms with van der Waals surface area (Å²) >= 11 is 0. The number of oxime groups is 1. The van der Waals surface area contributed by atoms with E-state index < -0.39 is 0 Å². The van der Waals surface area contributed by atoms with Crippen molar-refractivity contribution in [1.82, 2.24) is 35.4 Å². The smallest absolute Gasteiger partial charge is 0.266 e. The van der Waals surface area contributed by atoms with E-state index >= 15 is 0 Å². The summed E-state index contributed by atoms with van der Waals surface area (Å²) in [5.41, 5.74) is 3.08. The summed E-state index contributed by atoms with van der Waals surface area (Å²) in [5.74, 6) is 2.33. The number of aryl methyl sites for hydroxylation is 2. The fourth-order valence-electron chi connectivity index (χ4n) is 3.53. The van der Waals surface area contributed by atoms with Crippen LogP contribution in [0.1, 0.15) is 36.2 Å². The molecule has 3 aromatic heterocycles. The van der Waals surface area contributed by atoms with Crippen LogP contribution in [0.15, 0.2) is 82.5 Å². The van der Waals surface area contributed by atoms with Gasteiger partial charge in [0.15, 0.2) is 12.3 Å². The molecule has 37 heavy (non-hydrogen) atoms. The maximum Gasteiger partial charge on any atom is 0.266 e. The largest absolute Gasteiger partial charge is 0.456 e. The quantitative estimate of drug-likeness (QED) is 0.205. The van der Waals surface area contributed by atoms with E-state index in [1.807, 2.05) is 42.5 Å². The van der Waals surface area contributed by atoms with Gasteiger partial charge in [-0.1, -0.05) is 61.0 Å². The van der Waals surface area contributed by atoms with Gasteiger partial charge < -0.3 is 14.0 Å². The van der Waals surface area contributed by atoms with E-state index in [9.17, 15) is 0 Å². The Labute approximate surface area is 212 Å². The number of pyridine rings is 1. The Kier molecular flexibility index (Phi) is 7.21. The van der Waals surface area contributed by atoms with Crippen molar-refractivity contribution in [3.8, 4) is 23.1 Å². The molecule has 0 unspecified atom stereocenters. The summed E-state index contributed by atoms with van der Waals surface area (Å²) in [6, 6.07) is 21.1. The third-order valence-corrected chi connectivity index (χ3v) is 5.34. The zero-order valence-electron chi connectivity index (χ0n) is 20.4. The first-order valence-electron chi connectivity index (χ1n) is 11.7. The number of hydrogen-bond acceptors (Lipinski definition) is 10. The van der Waals surface area contributed by atoms with E-state index in [-0.39, 0.29) is 18.4 Å². The summed E-state index contributed by atoms with van der Waals surface area (Å²) in [5, 5.41) is 23.9. The van der Waals surface area contributed by atoms with Crippen LogP contribution in [0.5, 0.6) is 11.5 Å². The highest BCUT2D eigenvalue weighted by atomic mass is 16.6. The second-order valence-corrected chi connectivity index (χ2v) is 8.08. The minimum atomic E-state index is -0.0379. The Balaban J connectivity index is 1.23.